The Morgan fingerprint density at radius 2 is 2.17 bits per heavy atom. The molecule has 1 unspecified atom stereocenters. The molecule has 1 N–H and O–H groups in total. The second-order valence-electron chi connectivity index (χ2n) is 4.68. The van der Waals surface area contributed by atoms with Crippen LogP contribution < -0.4 is 0 Å². The maximum atomic E-state index is 10.7. The van der Waals surface area contributed by atoms with Crippen LogP contribution in [0.1, 0.15) is 43.2 Å². The highest BCUT2D eigenvalue weighted by Gasteiger charge is 2.09. The number of pyridine rings is 1. The monoisotopic (exact) mass is 250 g/mol. The molecule has 0 saturated heterocycles. The Hall–Kier alpha value is -1.42. The van der Waals surface area contributed by atoms with Crippen LogP contribution in [0.3, 0.4) is 0 Å². The van der Waals surface area contributed by atoms with Crippen molar-refractivity contribution in [1.29, 1.82) is 0 Å². The lowest BCUT2D eigenvalue weighted by atomic mass is 10.1. The SMILES string of the molecule is CCC(C)CN(CC)Cc1ccc(C(=O)O)cn1. The lowest BCUT2D eigenvalue weighted by Gasteiger charge is -2.23. The highest BCUT2D eigenvalue weighted by atomic mass is 16.4. The molecule has 0 aromatic carbocycles. The predicted molar refractivity (Wildman–Crippen MR) is 71.6 cm³/mol. The zero-order chi connectivity index (χ0) is 13.5. The first-order valence-corrected chi connectivity index (χ1v) is 6.47. The third kappa shape index (κ3) is 4.45. The van der Waals surface area contributed by atoms with Crippen LogP contribution in [0.4, 0.5) is 0 Å². The van der Waals surface area contributed by atoms with Gasteiger partial charge in [-0.1, -0.05) is 27.2 Å². The Morgan fingerprint density at radius 3 is 2.61 bits per heavy atom. The van der Waals surface area contributed by atoms with Gasteiger partial charge >= 0.3 is 5.97 Å². The van der Waals surface area contributed by atoms with Crippen molar-refractivity contribution in [3.63, 3.8) is 0 Å². The van der Waals surface area contributed by atoms with Gasteiger partial charge in [-0.2, -0.15) is 0 Å². The Morgan fingerprint density at radius 1 is 1.44 bits per heavy atom. The summed E-state index contributed by atoms with van der Waals surface area (Å²) in [7, 11) is 0. The third-order valence-electron chi connectivity index (χ3n) is 3.17. The molecule has 1 rings (SSSR count). The number of rotatable bonds is 7. The zero-order valence-corrected chi connectivity index (χ0v) is 11.4. The Kier molecular flexibility index (Phi) is 5.78. The Bertz CT molecular complexity index is 376. The molecule has 0 aliphatic carbocycles. The number of carboxylic acids is 1. The van der Waals surface area contributed by atoms with E-state index in [1.807, 2.05) is 0 Å². The number of aromatic nitrogens is 1. The first kappa shape index (κ1) is 14.6. The molecule has 1 aromatic rings. The summed E-state index contributed by atoms with van der Waals surface area (Å²) in [4.78, 5) is 17.3. The molecule has 4 nitrogen and oxygen atoms in total. The average molecular weight is 250 g/mol. The van der Waals surface area contributed by atoms with E-state index in [2.05, 4.69) is 30.7 Å². The smallest absolute Gasteiger partial charge is 0.337 e. The summed E-state index contributed by atoms with van der Waals surface area (Å²) in [6.45, 7) is 9.37. The number of aromatic carboxylic acids is 1. The normalized spacial score (nSPS) is 12.7. The number of hydrogen-bond donors (Lipinski definition) is 1. The van der Waals surface area contributed by atoms with Gasteiger partial charge in [-0.25, -0.2) is 4.79 Å². The summed E-state index contributed by atoms with van der Waals surface area (Å²) in [5.41, 5.74) is 1.16. The van der Waals surface area contributed by atoms with Crippen LogP contribution in [0.2, 0.25) is 0 Å². The minimum atomic E-state index is -0.930. The van der Waals surface area contributed by atoms with Crippen molar-refractivity contribution in [2.75, 3.05) is 13.1 Å². The fourth-order valence-electron chi connectivity index (χ4n) is 1.75. The molecule has 0 spiro atoms. The lowest BCUT2D eigenvalue weighted by molar-refractivity contribution is 0.0696. The van der Waals surface area contributed by atoms with Crippen LogP contribution >= 0.6 is 0 Å². The van der Waals surface area contributed by atoms with Gasteiger partial charge in [0.05, 0.1) is 11.3 Å². The zero-order valence-electron chi connectivity index (χ0n) is 11.4. The topological polar surface area (TPSA) is 53.4 Å². The molecule has 4 heteroatoms. The van der Waals surface area contributed by atoms with E-state index in [1.165, 1.54) is 12.6 Å². The van der Waals surface area contributed by atoms with Crippen LogP contribution in [-0.4, -0.2) is 34.0 Å². The van der Waals surface area contributed by atoms with E-state index in [0.717, 1.165) is 25.3 Å². The van der Waals surface area contributed by atoms with Crippen molar-refractivity contribution < 1.29 is 9.90 Å². The minimum absolute atomic E-state index is 0.240. The molecular formula is C14H22N2O2. The number of nitrogens with zero attached hydrogens (tertiary/aromatic N) is 2. The molecule has 1 heterocycles. The average Bonchev–Trinajstić information content (AvgIpc) is 2.38. The van der Waals surface area contributed by atoms with Crippen LogP contribution in [0.15, 0.2) is 18.3 Å². The van der Waals surface area contributed by atoms with Gasteiger partial charge in [0.15, 0.2) is 0 Å². The maximum Gasteiger partial charge on any atom is 0.337 e. The summed E-state index contributed by atoms with van der Waals surface area (Å²) < 4.78 is 0. The van der Waals surface area contributed by atoms with E-state index in [4.69, 9.17) is 5.11 Å². The van der Waals surface area contributed by atoms with E-state index in [-0.39, 0.29) is 5.56 Å². The van der Waals surface area contributed by atoms with Gasteiger partial charge in [0.1, 0.15) is 0 Å². The van der Waals surface area contributed by atoms with Gasteiger partial charge in [0.2, 0.25) is 0 Å². The van der Waals surface area contributed by atoms with Crippen molar-refractivity contribution in [3.05, 3.63) is 29.6 Å². The molecule has 1 atom stereocenters. The summed E-state index contributed by atoms with van der Waals surface area (Å²) in [5.74, 6) is -0.260. The highest BCUT2D eigenvalue weighted by Crippen LogP contribution is 2.08. The van der Waals surface area contributed by atoms with E-state index in [1.54, 1.807) is 12.1 Å². The molecule has 0 saturated carbocycles. The Balaban J connectivity index is 2.61. The second-order valence-corrected chi connectivity index (χ2v) is 4.68. The van der Waals surface area contributed by atoms with Gasteiger partial charge in [0, 0.05) is 19.3 Å². The molecule has 0 fully saturated rings. The Labute approximate surface area is 109 Å². The predicted octanol–water partition coefficient (Wildman–Crippen LogP) is 2.65. The third-order valence-corrected chi connectivity index (χ3v) is 3.17. The van der Waals surface area contributed by atoms with Crippen molar-refractivity contribution >= 4 is 5.97 Å². The van der Waals surface area contributed by atoms with Crippen molar-refractivity contribution in [2.24, 2.45) is 5.92 Å². The summed E-state index contributed by atoms with van der Waals surface area (Å²) in [6.07, 6.45) is 2.59. The highest BCUT2D eigenvalue weighted by molar-refractivity contribution is 5.87. The number of hydrogen-bond acceptors (Lipinski definition) is 3. The molecule has 18 heavy (non-hydrogen) atoms. The molecule has 1 aromatic heterocycles. The summed E-state index contributed by atoms with van der Waals surface area (Å²) >= 11 is 0. The van der Waals surface area contributed by atoms with Crippen molar-refractivity contribution in [2.45, 2.75) is 33.7 Å². The number of carboxylic acid groups (broad SMARTS) is 1. The summed E-state index contributed by atoms with van der Waals surface area (Å²) in [5, 5.41) is 8.80. The standard InChI is InChI=1S/C14H22N2O2/c1-4-11(3)9-16(5-2)10-13-7-6-12(8-15-13)14(17)18/h6-8,11H,4-5,9-10H2,1-3H3,(H,17,18). The van der Waals surface area contributed by atoms with Gasteiger partial charge in [-0.15, -0.1) is 0 Å². The van der Waals surface area contributed by atoms with Gasteiger partial charge in [-0.05, 0) is 24.6 Å². The molecular weight excluding hydrogens is 228 g/mol. The van der Waals surface area contributed by atoms with Crippen molar-refractivity contribution in [3.8, 4) is 0 Å². The second kappa shape index (κ2) is 7.11. The number of carbonyl (C=O) groups is 1. The van der Waals surface area contributed by atoms with E-state index in [9.17, 15) is 4.79 Å². The van der Waals surface area contributed by atoms with Gasteiger partial charge in [0.25, 0.3) is 0 Å². The largest absolute Gasteiger partial charge is 0.478 e. The van der Waals surface area contributed by atoms with Gasteiger partial charge in [-0.3, -0.25) is 9.88 Å². The first-order chi connectivity index (χ1) is 8.56. The minimum Gasteiger partial charge on any atom is -0.478 e. The molecule has 0 aliphatic heterocycles. The van der Waals surface area contributed by atoms with Crippen molar-refractivity contribution in [1.82, 2.24) is 9.88 Å². The van der Waals surface area contributed by atoms with Crippen LogP contribution in [-0.2, 0) is 6.54 Å². The van der Waals surface area contributed by atoms with Crippen LogP contribution in [0, 0.1) is 5.92 Å². The van der Waals surface area contributed by atoms with E-state index in [0.29, 0.717) is 5.92 Å². The fraction of sp³-hybridized carbons (Fsp3) is 0.571. The first-order valence-electron chi connectivity index (χ1n) is 6.47. The summed E-state index contributed by atoms with van der Waals surface area (Å²) in [6, 6.07) is 3.41. The molecule has 0 radical (unpaired) electrons. The maximum absolute atomic E-state index is 10.7. The van der Waals surface area contributed by atoms with Gasteiger partial charge < -0.3 is 5.11 Å². The lowest BCUT2D eigenvalue weighted by Crippen LogP contribution is -2.28. The molecule has 0 aliphatic rings. The molecule has 0 amide bonds. The van der Waals surface area contributed by atoms with E-state index >= 15 is 0 Å². The van der Waals surface area contributed by atoms with E-state index < -0.39 is 5.97 Å². The quantitative estimate of drug-likeness (QED) is 0.808. The van der Waals surface area contributed by atoms with Crippen LogP contribution in [0.5, 0.6) is 0 Å². The van der Waals surface area contributed by atoms with Crippen LogP contribution in [0.25, 0.3) is 0 Å². The molecule has 0 bridgehead atoms. The molecule has 100 valence electrons. The fourth-order valence-corrected chi connectivity index (χ4v) is 1.75.